The highest BCUT2D eigenvalue weighted by Crippen LogP contribution is 2.45. The van der Waals surface area contributed by atoms with Gasteiger partial charge in [-0.25, -0.2) is 4.79 Å². The van der Waals surface area contributed by atoms with Crippen LogP contribution in [0.3, 0.4) is 0 Å². The number of hydrogen-bond donors (Lipinski definition) is 0. The molecule has 3 unspecified atom stereocenters. The molecular weight excluding hydrogens is 188 g/mol. The Hall–Kier alpha value is -1.05. The minimum absolute atomic E-state index is 0.174. The Morgan fingerprint density at radius 3 is 2.73 bits per heavy atom. The van der Waals surface area contributed by atoms with Crippen LogP contribution in [0.2, 0.25) is 0 Å². The summed E-state index contributed by atoms with van der Waals surface area (Å²) in [5.74, 6) is 1.28. The Morgan fingerprint density at radius 1 is 1.40 bits per heavy atom. The average molecular weight is 206 g/mol. The van der Waals surface area contributed by atoms with Crippen molar-refractivity contribution in [2.75, 3.05) is 0 Å². The SMILES string of the molecule is C=C/C=C(\C)C(=O)OC1CC2CCC1C2. The fourth-order valence-electron chi connectivity index (χ4n) is 2.81. The number of esters is 1. The van der Waals surface area contributed by atoms with Crippen molar-refractivity contribution < 1.29 is 9.53 Å². The van der Waals surface area contributed by atoms with Crippen molar-refractivity contribution >= 4 is 5.97 Å². The summed E-state index contributed by atoms with van der Waals surface area (Å²) in [4.78, 5) is 11.6. The molecule has 0 heterocycles. The molecule has 2 rings (SSSR count). The number of carbonyl (C=O) groups excluding carboxylic acids is 1. The number of allylic oxidation sites excluding steroid dienone is 2. The van der Waals surface area contributed by atoms with Crippen molar-refractivity contribution in [2.45, 2.75) is 38.7 Å². The third kappa shape index (κ3) is 2.14. The lowest BCUT2D eigenvalue weighted by Crippen LogP contribution is -2.24. The number of ether oxygens (including phenoxy) is 1. The van der Waals surface area contributed by atoms with E-state index >= 15 is 0 Å². The topological polar surface area (TPSA) is 26.3 Å². The van der Waals surface area contributed by atoms with E-state index in [4.69, 9.17) is 4.74 Å². The summed E-state index contributed by atoms with van der Waals surface area (Å²) in [5.41, 5.74) is 0.646. The van der Waals surface area contributed by atoms with Crippen LogP contribution < -0.4 is 0 Å². The van der Waals surface area contributed by atoms with E-state index in [9.17, 15) is 4.79 Å². The molecule has 0 aliphatic heterocycles. The van der Waals surface area contributed by atoms with Crippen LogP contribution in [0.5, 0.6) is 0 Å². The molecule has 2 heteroatoms. The summed E-state index contributed by atoms with van der Waals surface area (Å²) in [5, 5.41) is 0. The highest BCUT2D eigenvalue weighted by Gasteiger charge is 2.41. The molecule has 0 amide bonds. The summed E-state index contributed by atoms with van der Waals surface area (Å²) in [7, 11) is 0. The summed E-state index contributed by atoms with van der Waals surface area (Å²) in [6.45, 7) is 5.34. The van der Waals surface area contributed by atoms with Crippen molar-refractivity contribution in [1.29, 1.82) is 0 Å². The maximum Gasteiger partial charge on any atom is 0.333 e. The molecule has 0 N–H and O–H groups in total. The van der Waals surface area contributed by atoms with Gasteiger partial charge in [-0.1, -0.05) is 18.7 Å². The molecule has 3 atom stereocenters. The first-order chi connectivity index (χ1) is 7.20. The fourth-order valence-corrected chi connectivity index (χ4v) is 2.81. The Kier molecular flexibility index (Phi) is 2.94. The van der Waals surface area contributed by atoms with Crippen LogP contribution in [-0.2, 0) is 9.53 Å². The quantitative estimate of drug-likeness (QED) is 0.403. The van der Waals surface area contributed by atoms with Gasteiger partial charge in [-0.15, -0.1) is 0 Å². The summed E-state index contributed by atoms with van der Waals surface area (Å²) in [6, 6.07) is 0. The third-order valence-electron chi connectivity index (χ3n) is 3.62. The first-order valence-corrected chi connectivity index (χ1v) is 5.71. The van der Waals surface area contributed by atoms with Gasteiger partial charge in [-0.2, -0.15) is 0 Å². The molecule has 2 aliphatic carbocycles. The van der Waals surface area contributed by atoms with Gasteiger partial charge in [0, 0.05) is 5.57 Å². The second kappa shape index (κ2) is 4.21. The van der Waals surface area contributed by atoms with Crippen LogP contribution in [-0.4, -0.2) is 12.1 Å². The average Bonchev–Trinajstić information content (AvgIpc) is 2.79. The van der Waals surface area contributed by atoms with E-state index in [-0.39, 0.29) is 12.1 Å². The molecular formula is C13H18O2. The zero-order valence-electron chi connectivity index (χ0n) is 9.24. The molecule has 2 nitrogen and oxygen atoms in total. The van der Waals surface area contributed by atoms with E-state index in [1.165, 1.54) is 19.3 Å². The zero-order chi connectivity index (χ0) is 10.8. The van der Waals surface area contributed by atoms with Crippen LogP contribution in [0.25, 0.3) is 0 Å². The van der Waals surface area contributed by atoms with Crippen LogP contribution >= 0.6 is 0 Å². The van der Waals surface area contributed by atoms with Crippen molar-refractivity contribution in [3.63, 3.8) is 0 Å². The smallest absolute Gasteiger partial charge is 0.333 e. The van der Waals surface area contributed by atoms with Gasteiger partial charge in [-0.3, -0.25) is 0 Å². The number of carbonyl (C=O) groups is 1. The van der Waals surface area contributed by atoms with E-state index in [0.29, 0.717) is 11.5 Å². The second-order valence-corrected chi connectivity index (χ2v) is 4.70. The zero-order valence-corrected chi connectivity index (χ0v) is 9.24. The van der Waals surface area contributed by atoms with Gasteiger partial charge in [-0.05, 0) is 44.4 Å². The molecule has 0 aromatic heterocycles. The lowest BCUT2D eigenvalue weighted by Gasteiger charge is -2.21. The van der Waals surface area contributed by atoms with Crippen LogP contribution in [0.1, 0.15) is 32.6 Å². The molecule has 2 fully saturated rings. The molecule has 0 radical (unpaired) electrons. The maximum absolute atomic E-state index is 11.6. The van der Waals surface area contributed by atoms with Crippen LogP contribution in [0, 0.1) is 11.8 Å². The molecule has 0 aromatic rings. The highest BCUT2D eigenvalue weighted by atomic mass is 16.5. The van der Waals surface area contributed by atoms with Gasteiger partial charge in [0.15, 0.2) is 0 Å². The summed E-state index contributed by atoms with van der Waals surface area (Å²) in [6.07, 6.45) is 8.43. The molecule has 2 aliphatic rings. The number of hydrogen-bond acceptors (Lipinski definition) is 2. The van der Waals surface area contributed by atoms with Gasteiger partial charge >= 0.3 is 5.97 Å². The first kappa shape index (κ1) is 10.5. The second-order valence-electron chi connectivity index (χ2n) is 4.70. The van der Waals surface area contributed by atoms with E-state index < -0.39 is 0 Å². The van der Waals surface area contributed by atoms with E-state index in [1.807, 2.05) is 0 Å². The monoisotopic (exact) mass is 206 g/mol. The lowest BCUT2D eigenvalue weighted by atomic mass is 9.98. The van der Waals surface area contributed by atoms with Crippen molar-refractivity contribution in [2.24, 2.45) is 11.8 Å². The molecule has 0 aromatic carbocycles. The largest absolute Gasteiger partial charge is 0.459 e. The maximum atomic E-state index is 11.6. The minimum Gasteiger partial charge on any atom is -0.459 e. The fraction of sp³-hybridized carbons (Fsp3) is 0.615. The normalized spacial score (nSPS) is 34.2. The van der Waals surface area contributed by atoms with Crippen molar-refractivity contribution in [3.8, 4) is 0 Å². The number of rotatable bonds is 3. The molecule has 0 saturated heterocycles. The van der Waals surface area contributed by atoms with E-state index in [2.05, 4.69) is 6.58 Å². The predicted octanol–water partition coefficient (Wildman–Crippen LogP) is 2.85. The predicted molar refractivity (Wildman–Crippen MR) is 59.3 cm³/mol. The molecule has 15 heavy (non-hydrogen) atoms. The minimum atomic E-state index is -0.174. The van der Waals surface area contributed by atoms with Gasteiger partial charge < -0.3 is 4.74 Å². The summed E-state index contributed by atoms with van der Waals surface area (Å²) >= 11 is 0. The lowest BCUT2D eigenvalue weighted by molar-refractivity contribution is -0.146. The third-order valence-corrected chi connectivity index (χ3v) is 3.62. The molecule has 2 bridgehead atoms. The van der Waals surface area contributed by atoms with Crippen LogP contribution in [0.4, 0.5) is 0 Å². The van der Waals surface area contributed by atoms with Crippen molar-refractivity contribution in [3.05, 3.63) is 24.3 Å². The van der Waals surface area contributed by atoms with Gasteiger partial charge in [0.25, 0.3) is 0 Å². The Morgan fingerprint density at radius 2 is 2.20 bits per heavy atom. The standard InChI is InChI=1S/C13H18O2/c1-3-4-9(2)13(14)15-12-8-10-5-6-11(12)7-10/h3-4,10-12H,1,5-8H2,2H3/b9-4+. The van der Waals surface area contributed by atoms with Crippen molar-refractivity contribution in [1.82, 2.24) is 0 Å². The summed E-state index contributed by atoms with van der Waals surface area (Å²) < 4.78 is 5.50. The Bertz CT molecular complexity index is 304. The van der Waals surface area contributed by atoms with Gasteiger partial charge in [0.1, 0.15) is 6.10 Å². The number of fused-ring (bicyclic) bond motifs is 2. The Balaban J connectivity index is 1.90. The Labute approximate surface area is 91.0 Å². The molecule has 2 saturated carbocycles. The highest BCUT2D eigenvalue weighted by molar-refractivity contribution is 5.88. The molecule has 0 spiro atoms. The van der Waals surface area contributed by atoms with Crippen LogP contribution in [0.15, 0.2) is 24.3 Å². The molecule has 82 valence electrons. The first-order valence-electron chi connectivity index (χ1n) is 5.71. The van der Waals surface area contributed by atoms with E-state index in [0.717, 1.165) is 12.3 Å². The van der Waals surface area contributed by atoms with Gasteiger partial charge in [0.2, 0.25) is 0 Å². The van der Waals surface area contributed by atoms with E-state index in [1.54, 1.807) is 19.1 Å². The van der Waals surface area contributed by atoms with Gasteiger partial charge in [0.05, 0.1) is 0 Å².